The number of ether oxygens (including phenoxy) is 1. The van der Waals surface area contributed by atoms with Crippen molar-refractivity contribution in [1.82, 2.24) is 5.32 Å². The molecule has 7 heteroatoms. The van der Waals surface area contributed by atoms with Gasteiger partial charge in [-0.25, -0.2) is 0 Å². The minimum Gasteiger partial charge on any atom is -0.370 e. The van der Waals surface area contributed by atoms with E-state index in [4.69, 9.17) is 0 Å². The molecule has 106 valence electrons. The lowest BCUT2D eigenvalue weighted by Crippen LogP contribution is -2.29. The second kappa shape index (κ2) is 6.91. The molecule has 1 rings (SSSR count). The van der Waals surface area contributed by atoms with Crippen LogP contribution in [-0.4, -0.2) is 31.8 Å². The molecule has 3 nitrogen and oxygen atoms in total. The minimum absolute atomic E-state index is 0.0231. The molecule has 0 bridgehead atoms. The van der Waals surface area contributed by atoms with Crippen LogP contribution in [0.25, 0.3) is 0 Å². The van der Waals surface area contributed by atoms with Crippen LogP contribution in [0.1, 0.15) is 15.9 Å². The van der Waals surface area contributed by atoms with Gasteiger partial charge in [-0.15, -0.1) is 0 Å². The highest BCUT2D eigenvalue weighted by molar-refractivity contribution is 9.10. The maximum atomic E-state index is 11.8. The first-order valence-corrected chi connectivity index (χ1v) is 6.28. The molecular formula is C12H13BrF3NO2. The zero-order valence-corrected chi connectivity index (χ0v) is 11.8. The average molecular weight is 340 g/mol. The maximum Gasteiger partial charge on any atom is 0.411 e. The number of nitrogens with one attached hydrogen (secondary N) is 1. The molecule has 0 radical (unpaired) electrons. The van der Waals surface area contributed by atoms with Crippen LogP contribution in [0, 0.1) is 6.92 Å². The third kappa shape index (κ3) is 5.61. The van der Waals surface area contributed by atoms with Crippen molar-refractivity contribution >= 4 is 21.8 Å². The monoisotopic (exact) mass is 339 g/mol. The van der Waals surface area contributed by atoms with E-state index in [1.807, 2.05) is 13.0 Å². The van der Waals surface area contributed by atoms with Crippen molar-refractivity contribution in [3.63, 3.8) is 0 Å². The molecule has 1 N–H and O–H groups in total. The molecular weight excluding hydrogens is 327 g/mol. The topological polar surface area (TPSA) is 38.3 Å². The molecule has 1 amide bonds. The Labute approximate surface area is 117 Å². The number of halogens is 4. The molecule has 19 heavy (non-hydrogen) atoms. The molecule has 1 aromatic rings. The number of aryl methyl sites for hydroxylation is 1. The number of hydrogen-bond acceptors (Lipinski definition) is 2. The Morgan fingerprint density at radius 3 is 2.74 bits per heavy atom. The van der Waals surface area contributed by atoms with Gasteiger partial charge < -0.3 is 10.1 Å². The summed E-state index contributed by atoms with van der Waals surface area (Å²) in [6.45, 7) is 0.369. The molecule has 0 aliphatic carbocycles. The number of amides is 1. The largest absolute Gasteiger partial charge is 0.411 e. The van der Waals surface area contributed by atoms with E-state index < -0.39 is 12.8 Å². The van der Waals surface area contributed by atoms with Gasteiger partial charge >= 0.3 is 6.18 Å². The first-order chi connectivity index (χ1) is 8.81. The zero-order chi connectivity index (χ0) is 14.5. The van der Waals surface area contributed by atoms with Crippen molar-refractivity contribution in [3.8, 4) is 0 Å². The van der Waals surface area contributed by atoms with Gasteiger partial charge in [0.2, 0.25) is 0 Å². The van der Waals surface area contributed by atoms with E-state index in [0.717, 1.165) is 5.56 Å². The fourth-order valence-corrected chi connectivity index (χ4v) is 1.79. The SMILES string of the molecule is Cc1cccc(C(=O)NCCOCC(F)(F)F)c1Br. The normalized spacial score (nSPS) is 11.4. The summed E-state index contributed by atoms with van der Waals surface area (Å²) in [5.74, 6) is -0.355. The summed E-state index contributed by atoms with van der Waals surface area (Å²) in [5.41, 5.74) is 1.34. The molecule has 1 aromatic carbocycles. The lowest BCUT2D eigenvalue weighted by molar-refractivity contribution is -0.173. The average Bonchev–Trinajstić information content (AvgIpc) is 2.30. The lowest BCUT2D eigenvalue weighted by atomic mass is 10.1. The fraction of sp³-hybridized carbons (Fsp3) is 0.417. The van der Waals surface area contributed by atoms with Crippen molar-refractivity contribution in [3.05, 3.63) is 33.8 Å². The number of alkyl halides is 3. The van der Waals surface area contributed by atoms with Gasteiger partial charge in [0.05, 0.1) is 12.2 Å². The standard InChI is InChI=1S/C12H13BrF3NO2/c1-8-3-2-4-9(10(8)13)11(18)17-5-6-19-7-12(14,15)16/h2-4H,5-7H2,1H3,(H,17,18). The predicted molar refractivity (Wildman–Crippen MR) is 68.1 cm³/mol. The third-order valence-corrected chi connectivity index (χ3v) is 3.29. The van der Waals surface area contributed by atoms with Gasteiger partial charge in [-0.1, -0.05) is 12.1 Å². The summed E-state index contributed by atoms with van der Waals surface area (Å²) in [4.78, 5) is 11.8. The first kappa shape index (κ1) is 16.0. The van der Waals surface area contributed by atoms with Crippen LogP contribution in [0.3, 0.4) is 0 Å². The van der Waals surface area contributed by atoms with Crippen molar-refractivity contribution in [2.24, 2.45) is 0 Å². The molecule has 0 atom stereocenters. The summed E-state index contributed by atoms with van der Waals surface area (Å²) in [6, 6.07) is 5.20. The van der Waals surface area contributed by atoms with Crippen molar-refractivity contribution in [2.75, 3.05) is 19.8 Å². The quantitative estimate of drug-likeness (QED) is 0.837. The van der Waals surface area contributed by atoms with Crippen LogP contribution in [0.2, 0.25) is 0 Å². The molecule has 0 aliphatic rings. The smallest absolute Gasteiger partial charge is 0.370 e. The molecule has 0 saturated carbocycles. The molecule has 0 unspecified atom stereocenters. The highest BCUT2D eigenvalue weighted by Crippen LogP contribution is 2.20. The second-order valence-electron chi connectivity index (χ2n) is 3.86. The number of carbonyl (C=O) groups is 1. The van der Waals surface area contributed by atoms with Crippen LogP contribution >= 0.6 is 15.9 Å². The Balaban J connectivity index is 2.38. The van der Waals surface area contributed by atoms with Gasteiger partial charge in [-0.05, 0) is 34.5 Å². The lowest BCUT2D eigenvalue weighted by Gasteiger charge is -2.10. The van der Waals surface area contributed by atoms with Crippen molar-refractivity contribution < 1.29 is 22.7 Å². The van der Waals surface area contributed by atoms with Crippen molar-refractivity contribution in [1.29, 1.82) is 0 Å². The Bertz CT molecular complexity index is 449. The first-order valence-electron chi connectivity index (χ1n) is 5.49. The summed E-state index contributed by atoms with van der Waals surface area (Å²) in [5, 5.41) is 2.49. The predicted octanol–water partition coefficient (Wildman–Crippen LogP) is 3.07. The van der Waals surface area contributed by atoms with E-state index in [1.165, 1.54) is 0 Å². The van der Waals surface area contributed by atoms with Gasteiger partial charge in [0.15, 0.2) is 0 Å². The Morgan fingerprint density at radius 1 is 1.42 bits per heavy atom. The highest BCUT2D eigenvalue weighted by Gasteiger charge is 2.27. The summed E-state index contributed by atoms with van der Waals surface area (Å²) in [6.07, 6.45) is -4.34. The Kier molecular flexibility index (Phi) is 5.81. The van der Waals surface area contributed by atoms with E-state index in [2.05, 4.69) is 26.0 Å². The van der Waals surface area contributed by atoms with Gasteiger partial charge in [-0.3, -0.25) is 4.79 Å². The summed E-state index contributed by atoms with van der Waals surface area (Å²) in [7, 11) is 0. The van der Waals surface area contributed by atoms with Gasteiger partial charge in [-0.2, -0.15) is 13.2 Å². The van der Waals surface area contributed by atoms with E-state index in [0.29, 0.717) is 10.0 Å². The van der Waals surface area contributed by atoms with E-state index in [1.54, 1.807) is 12.1 Å². The van der Waals surface area contributed by atoms with Gasteiger partial charge in [0.1, 0.15) is 6.61 Å². The summed E-state index contributed by atoms with van der Waals surface area (Å²) < 4.78 is 40.4. The number of rotatable bonds is 5. The van der Waals surface area contributed by atoms with E-state index in [9.17, 15) is 18.0 Å². The van der Waals surface area contributed by atoms with E-state index in [-0.39, 0.29) is 19.1 Å². The zero-order valence-electron chi connectivity index (χ0n) is 10.2. The Hall–Kier alpha value is -1.08. The molecule has 0 fully saturated rings. The minimum atomic E-state index is -4.34. The third-order valence-electron chi connectivity index (χ3n) is 2.23. The highest BCUT2D eigenvalue weighted by atomic mass is 79.9. The van der Waals surface area contributed by atoms with Crippen LogP contribution in [0.15, 0.2) is 22.7 Å². The molecule has 0 heterocycles. The number of benzene rings is 1. The van der Waals surface area contributed by atoms with Crippen molar-refractivity contribution in [2.45, 2.75) is 13.1 Å². The van der Waals surface area contributed by atoms with Gasteiger partial charge in [0.25, 0.3) is 5.91 Å². The molecule has 0 aromatic heterocycles. The molecule has 0 aliphatic heterocycles. The summed E-state index contributed by atoms with van der Waals surface area (Å²) >= 11 is 3.29. The van der Waals surface area contributed by atoms with Crippen LogP contribution in [-0.2, 0) is 4.74 Å². The maximum absolute atomic E-state index is 11.8. The number of carbonyl (C=O) groups excluding carboxylic acids is 1. The van der Waals surface area contributed by atoms with Crippen LogP contribution in [0.4, 0.5) is 13.2 Å². The van der Waals surface area contributed by atoms with E-state index >= 15 is 0 Å². The van der Waals surface area contributed by atoms with Crippen LogP contribution in [0.5, 0.6) is 0 Å². The number of hydrogen-bond donors (Lipinski definition) is 1. The van der Waals surface area contributed by atoms with Gasteiger partial charge in [0, 0.05) is 11.0 Å². The Morgan fingerprint density at radius 2 is 2.11 bits per heavy atom. The molecule has 0 saturated heterocycles. The fourth-order valence-electron chi connectivity index (χ4n) is 1.34. The second-order valence-corrected chi connectivity index (χ2v) is 4.65. The van der Waals surface area contributed by atoms with Crippen LogP contribution < -0.4 is 5.32 Å². The molecule has 0 spiro atoms.